The van der Waals surface area contributed by atoms with Crippen molar-refractivity contribution in [1.82, 2.24) is 4.90 Å². The molecule has 1 aromatic carbocycles. The van der Waals surface area contributed by atoms with Gasteiger partial charge in [-0.05, 0) is 44.2 Å². The smallest absolute Gasteiger partial charge is 0.257 e. The van der Waals surface area contributed by atoms with Gasteiger partial charge < -0.3 is 4.90 Å². The fourth-order valence-corrected chi connectivity index (χ4v) is 3.64. The van der Waals surface area contributed by atoms with Gasteiger partial charge >= 0.3 is 0 Å². The van der Waals surface area contributed by atoms with Crippen molar-refractivity contribution in [3.63, 3.8) is 0 Å². The predicted octanol–water partition coefficient (Wildman–Crippen LogP) is 3.06. The zero-order valence-corrected chi connectivity index (χ0v) is 14.6. The second kappa shape index (κ2) is 7.64. The van der Waals surface area contributed by atoms with Crippen LogP contribution in [0.15, 0.2) is 42.0 Å². The van der Waals surface area contributed by atoms with E-state index < -0.39 is 6.04 Å². The van der Waals surface area contributed by atoms with Gasteiger partial charge in [0.1, 0.15) is 6.04 Å². The zero-order valence-electron chi connectivity index (χ0n) is 14.6. The SMILES string of the molecule is CC(=O)N(CCC1=CCCCC1)C1CC(=O)N(c2ccccc2)C1=O. The van der Waals surface area contributed by atoms with E-state index in [1.807, 2.05) is 6.07 Å². The lowest BCUT2D eigenvalue weighted by atomic mass is 9.97. The van der Waals surface area contributed by atoms with E-state index in [0.29, 0.717) is 12.2 Å². The molecule has 1 aromatic rings. The van der Waals surface area contributed by atoms with Crippen LogP contribution in [0.3, 0.4) is 0 Å². The van der Waals surface area contributed by atoms with E-state index in [0.717, 1.165) is 19.3 Å². The van der Waals surface area contributed by atoms with Crippen molar-refractivity contribution in [3.8, 4) is 0 Å². The van der Waals surface area contributed by atoms with Gasteiger partial charge in [0.15, 0.2) is 0 Å². The number of benzene rings is 1. The van der Waals surface area contributed by atoms with Gasteiger partial charge in [-0.2, -0.15) is 0 Å². The molecular weight excluding hydrogens is 316 g/mol. The maximum absolute atomic E-state index is 12.8. The first-order valence-corrected chi connectivity index (χ1v) is 8.95. The van der Waals surface area contributed by atoms with Gasteiger partial charge in [-0.25, -0.2) is 4.90 Å². The second-order valence-electron chi connectivity index (χ2n) is 6.69. The lowest BCUT2D eigenvalue weighted by molar-refractivity contribution is -0.136. The summed E-state index contributed by atoms with van der Waals surface area (Å²) in [6, 6.07) is 8.22. The molecule has 0 spiro atoms. The summed E-state index contributed by atoms with van der Waals surface area (Å²) in [5, 5.41) is 0. The summed E-state index contributed by atoms with van der Waals surface area (Å²) >= 11 is 0. The molecule has 25 heavy (non-hydrogen) atoms. The molecule has 3 rings (SSSR count). The van der Waals surface area contributed by atoms with Crippen LogP contribution >= 0.6 is 0 Å². The van der Waals surface area contributed by atoms with Crippen molar-refractivity contribution in [2.45, 2.75) is 51.5 Å². The van der Waals surface area contributed by atoms with Crippen molar-refractivity contribution in [1.29, 1.82) is 0 Å². The van der Waals surface area contributed by atoms with E-state index in [-0.39, 0.29) is 24.1 Å². The van der Waals surface area contributed by atoms with E-state index in [2.05, 4.69) is 6.08 Å². The van der Waals surface area contributed by atoms with Gasteiger partial charge in [0.2, 0.25) is 11.8 Å². The molecule has 0 aromatic heterocycles. The Morgan fingerprint density at radius 1 is 1.20 bits per heavy atom. The molecule has 132 valence electrons. The number of para-hydroxylation sites is 1. The highest BCUT2D eigenvalue weighted by molar-refractivity contribution is 6.22. The minimum absolute atomic E-state index is 0.0619. The van der Waals surface area contributed by atoms with Crippen LogP contribution in [-0.2, 0) is 14.4 Å². The fourth-order valence-electron chi connectivity index (χ4n) is 3.64. The van der Waals surface area contributed by atoms with E-state index in [1.165, 1.54) is 30.2 Å². The minimum Gasteiger partial charge on any atom is -0.330 e. The summed E-state index contributed by atoms with van der Waals surface area (Å²) in [5.74, 6) is -0.703. The molecule has 3 amide bonds. The highest BCUT2D eigenvalue weighted by atomic mass is 16.2. The van der Waals surface area contributed by atoms with Crippen LogP contribution in [0.1, 0.15) is 45.4 Å². The molecule has 5 nitrogen and oxygen atoms in total. The number of hydrogen-bond acceptors (Lipinski definition) is 3. The number of hydrogen-bond donors (Lipinski definition) is 0. The van der Waals surface area contributed by atoms with Crippen LogP contribution in [0.5, 0.6) is 0 Å². The molecule has 1 atom stereocenters. The lowest BCUT2D eigenvalue weighted by Gasteiger charge is -2.27. The monoisotopic (exact) mass is 340 g/mol. The number of nitrogens with zero attached hydrogens (tertiary/aromatic N) is 2. The first-order chi connectivity index (χ1) is 12.1. The van der Waals surface area contributed by atoms with Crippen molar-refractivity contribution >= 4 is 23.4 Å². The van der Waals surface area contributed by atoms with Crippen LogP contribution in [0.2, 0.25) is 0 Å². The summed E-state index contributed by atoms with van der Waals surface area (Å²) in [5.41, 5.74) is 1.92. The van der Waals surface area contributed by atoms with Crippen molar-refractivity contribution in [2.75, 3.05) is 11.4 Å². The summed E-state index contributed by atoms with van der Waals surface area (Å²) < 4.78 is 0. The van der Waals surface area contributed by atoms with Gasteiger partial charge in [-0.15, -0.1) is 0 Å². The first kappa shape index (κ1) is 17.4. The summed E-state index contributed by atoms with van der Waals surface area (Å²) in [6.45, 7) is 1.96. The largest absolute Gasteiger partial charge is 0.330 e. The molecule has 1 saturated heterocycles. The Morgan fingerprint density at radius 3 is 2.60 bits per heavy atom. The quantitative estimate of drug-likeness (QED) is 0.611. The average Bonchev–Trinajstić information content (AvgIpc) is 2.91. The number of imide groups is 1. The van der Waals surface area contributed by atoms with Crippen LogP contribution in [0, 0.1) is 0 Å². The normalized spacial score (nSPS) is 20.6. The third-order valence-electron chi connectivity index (χ3n) is 4.98. The minimum atomic E-state index is -0.686. The number of amides is 3. The molecule has 0 radical (unpaired) electrons. The zero-order chi connectivity index (χ0) is 17.8. The van der Waals surface area contributed by atoms with E-state index in [4.69, 9.17) is 0 Å². The topological polar surface area (TPSA) is 57.7 Å². The lowest BCUT2D eigenvalue weighted by Crippen LogP contribution is -2.45. The Kier molecular flexibility index (Phi) is 5.31. The third kappa shape index (κ3) is 3.81. The van der Waals surface area contributed by atoms with Gasteiger partial charge in [0.05, 0.1) is 12.1 Å². The molecule has 1 fully saturated rings. The summed E-state index contributed by atoms with van der Waals surface area (Å²) in [4.78, 5) is 40.1. The van der Waals surface area contributed by atoms with Crippen molar-refractivity contribution < 1.29 is 14.4 Å². The molecule has 0 saturated carbocycles. The Hall–Kier alpha value is -2.43. The molecule has 1 aliphatic heterocycles. The molecule has 1 aliphatic carbocycles. The van der Waals surface area contributed by atoms with Gasteiger partial charge in [-0.1, -0.05) is 29.8 Å². The number of anilines is 1. The van der Waals surface area contributed by atoms with E-state index >= 15 is 0 Å². The van der Waals surface area contributed by atoms with Gasteiger partial charge in [0.25, 0.3) is 5.91 Å². The van der Waals surface area contributed by atoms with Crippen LogP contribution in [0.4, 0.5) is 5.69 Å². The van der Waals surface area contributed by atoms with E-state index in [1.54, 1.807) is 29.2 Å². The van der Waals surface area contributed by atoms with Crippen molar-refractivity contribution in [3.05, 3.63) is 42.0 Å². The Labute approximate surface area is 148 Å². The number of carbonyl (C=O) groups excluding carboxylic acids is 3. The Bertz CT molecular complexity index is 696. The molecule has 0 bridgehead atoms. The standard InChI is InChI=1S/C20H24N2O3/c1-15(23)21(13-12-16-8-4-2-5-9-16)18-14-19(24)22(20(18)25)17-10-6-3-7-11-17/h3,6-8,10-11,18H,2,4-5,9,12-14H2,1H3. The maximum atomic E-state index is 12.8. The number of rotatable bonds is 5. The number of allylic oxidation sites excluding steroid dienone is 1. The van der Waals surface area contributed by atoms with Crippen molar-refractivity contribution in [2.24, 2.45) is 0 Å². The van der Waals surface area contributed by atoms with Gasteiger partial charge in [0, 0.05) is 13.5 Å². The predicted molar refractivity (Wildman–Crippen MR) is 95.9 cm³/mol. The molecule has 1 unspecified atom stereocenters. The molecular formula is C20H24N2O3. The molecule has 2 aliphatic rings. The Morgan fingerprint density at radius 2 is 1.96 bits per heavy atom. The average molecular weight is 340 g/mol. The molecule has 0 N–H and O–H groups in total. The van der Waals surface area contributed by atoms with Crippen LogP contribution in [-0.4, -0.2) is 35.2 Å². The van der Waals surface area contributed by atoms with Crippen LogP contribution in [0.25, 0.3) is 0 Å². The van der Waals surface area contributed by atoms with Crippen LogP contribution < -0.4 is 4.90 Å². The fraction of sp³-hybridized carbons (Fsp3) is 0.450. The molecule has 5 heteroatoms. The second-order valence-corrected chi connectivity index (χ2v) is 6.69. The third-order valence-corrected chi connectivity index (χ3v) is 4.98. The van der Waals surface area contributed by atoms with E-state index in [9.17, 15) is 14.4 Å². The Balaban J connectivity index is 1.73. The summed E-state index contributed by atoms with van der Waals surface area (Å²) in [6.07, 6.45) is 7.67. The number of carbonyl (C=O) groups is 3. The van der Waals surface area contributed by atoms with Gasteiger partial charge in [-0.3, -0.25) is 14.4 Å². The summed E-state index contributed by atoms with van der Waals surface area (Å²) in [7, 11) is 0. The highest BCUT2D eigenvalue weighted by Gasteiger charge is 2.43. The first-order valence-electron chi connectivity index (χ1n) is 8.95. The highest BCUT2D eigenvalue weighted by Crippen LogP contribution is 2.27. The maximum Gasteiger partial charge on any atom is 0.257 e. The molecule has 1 heterocycles.